The van der Waals surface area contributed by atoms with E-state index in [1.807, 2.05) is 18.4 Å². The van der Waals surface area contributed by atoms with Crippen LogP contribution in [0.1, 0.15) is 91.0 Å². The van der Waals surface area contributed by atoms with Gasteiger partial charge in [-0.05, 0) is 97.1 Å². The Morgan fingerprint density at radius 2 is 1.30 bits per heavy atom. The van der Waals surface area contributed by atoms with Gasteiger partial charge in [0.25, 0.3) is 0 Å². The van der Waals surface area contributed by atoms with Crippen LogP contribution < -0.4 is 0 Å². The summed E-state index contributed by atoms with van der Waals surface area (Å²) in [6.45, 7) is 8.86. The van der Waals surface area contributed by atoms with Gasteiger partial charge in [-0.15, -0.1) is 0 Å². The SMILES string of the molecule is C/C(=C\CC/C(C)=C/CC/C(C)=C/CC/C(C)=C/CCc1ccoc1)CCC#CO. The Labute approximate surface area is 184 Å². The van der Waals surface area contributed by atoms with Gasteiger partial charge in [0.1, 0.15) is 6.11 Å². The molecule has 1 heterocycles. The van der Waals surface area contributed by atoms with Gasteiger partial charge in [-0.3, -0.25) is 0 Å². The Morgan fingerprint density at radius 1 is 0.800 bits per heavy atom. The molecule has 1 aromatic heterocycles. The van der Waals surface area contributed by atoms with Gasteiger partial charge in [0.2, 0.25) is 0 Å². The summed E-state index contributed by atoms with van der Waals surface area (Å²) >= 11 is 0. The molecular formula is C28H40O2. The quantitative estimate of drug-likeness (QED) is 0.247. The van der Waals surface area contributed by atoms with Crippen LogP contribution in [-0.4, -0.2) is 5.11 Å². The molecule has 2 heteroatoms. The molecule has 0 aliphatic rings. The second kappa shape index (κ2) is 16.4. The summed E-state index contributed by atoms with van der Waals surface area (Å²) in [6.07, 6.45) is 25.6. The zero-order chi connectivity index (χ0) is 22.0. The van der Waals surface area contributed by atoms with Gasteiger partial charge in [-0.2, -0.15) is 0 Å². The predicted molar refractivity (Wildman–Crippen MR) is 129 cm³/mol. The van der Waals surface area contributed by atoms with E-state index in [0.29, 0.717) is 0 Å². The number of aliphatic hydroxyl groups excluding tert-OH is 1. The van der Waals surface area contributed by atoms with Crippen molar-refractivity contribution >= 4 is 0 Å². The van der Waals surface area contributed by atoms with E-state index >= 15 is 0 Å². The summed E-state index contributed by atoms with van der Waals surface area (Å²) < 4.78 is 5.11. The van der Waals surface area contributed by atoms with Gasteiger partial charge in [0.15, 0.2) is 0 Å². The molecule has 1 aromatic rings. The molecule has 0 bridgehead atoms. The topological polar surface area (TPSA) is 33.4 Å². The number of aryl methyl sites for hydroxylation is 1. The van der Waals surface area contributed by atoms with E-state index in [1.54, 1.807) is 6.26 Å². The first-order valence-corrected chi connectivity index (χ1v) is 11.3. The Bertz CT molecular complexity index is 761. The predicted octanol–water partition coefficient (Wildman–Crippen LogP) is 8.45. The van der Waals surface area contributed by atoms with Crippen LogP contribution in [0, 0.1) is 12.0 Å². The lowest BCUT2D eigenvalue weighted by atomic mass is 10.0. The Hall–Kier alpha value is -2.40. The molecule has 0 aliphatic carbocycles. The standard InChI is InChI=1S/C28H40O2/c1-24(11-5-6-21-29)12-7-13-25(2)14-8-15-26(3)16-9-17-27(4)18-10-19-28-20-22-30-23-28/h12,14,16,18,20,22-23,29H,5,7-11,13,15,17,19H2,1-4H3/b24-12+,25-14+,26-16+,27-18+. The van der Waals surface area contributed by atoms with Crippen LogP contribution in [0.4, 0.5) is 0 Å². The third kappa shape index (κ3) is 13.7. The first-order valence-electron chi connectivity index (χ1n) is 11.3. The molecule has 1 N–H and O–H groups in total. The normalized spacial score (nSPS) is 13.3. The van der Waals surface area contributed by atoms with Crippen molar-refractivity contribution in [1.29, 1.82) is 0 Å². The maximum Gasteiger partial charge on any atom is 0.107 e. The molecule has 0 unspecified atom stereocenters. The van der Waals surface area contributed by atoms with Crippen molar-refractivity contribution in [1.82, 2.24) is 0 Å². The van der Waals surface area contributed by atoms with E-state index in [9.17, 15) is 0 Å². The van der Waals surface area contributed by atoms with Crippen LogP contribution in [0.15, 0.2) is 69.6 Å². The average Bonchev–Trinajstić information content (AvgIpc) is 3.22. The number of rotatable bonds is 14. The molecule has 0 saturated heterocycles. The minimum absolute atomic E-state index is 0.736. The van der Waals surface area contributed by atoms with Crippen molar-refractivity contribution in [3.63, 3.8) is 0 Å². The second-order valence-corrected chi connectivity index (χ2v) is 8.28. The first-order chi connectivity index (χ1) is 14.5. The molecule has 0 spiro atoms. The van der Waals surface area contributed by atoms with Gasteiger partial charge in [0.05, 0.1) is 12.5 Å². The molecule has 0 fully saturated rings. The second-order valence-electron chi connectivity index (χ2n) is 8.28. The smallest absolute Gasteiger partial charge is 0.107 e. The van der Waals surface area contributed by atoms with E-state index in [1.165, 1.54) is 27.9 Å². The van der Waals surface area contributed by atoms with Crippen molar-refractivity contribution in [2.75, 3.05) is 0 Å². The van der Waals surface area contributed by atoms with Crippen molar-refractivity contribution in [3.05, 3.63) is 70.8 Å². The van der Waals surface area contributed by atoms with Gasteiger partial charge in [-0.1, -0.05) is 52.5 Å². The summed E-state index contributed by atoms with van der Waals surface area (Å²) in [4.78, 5) is 0. The minimum atomic E-state index is 0.736. The molecule has 0 radical (unpaired) electrons. The van der Waals surface area contributed by atoms with Crippen molar-refractivity contribution in [2.24, 2.45) is 0 Å². The maximum atomic E-state index is 8.49. The van der Waals surface area contributed by atoms with Gasteiger partial charge in [0, 0.05) is 6.42 Å². The fraction of sp³-hybridized carbons (Fsp3) is 0.500. The number of aliphatic hydroxyl groups is 1. The largest absolute Gasteiger partial charge is 0.472 e. The average molecular weight is 409 g/mol. The van der Waals surface area contributed by atoms with Gasteiger partial charge in [-0.25, -0.2) is 0 Å². The number of hydrogen-bond acceptors (Lipinski definition) is 2. The highest BCUT2D eigenvalue weighted by Crippen LogP contribution is 2.15. The summed E-state index contributed by atoms with van der Waals surface area (Å²) in [5, 5.41) is 8.49. The molecule has 0 aliphatic heterocycles. The molecule has 0 aromatic carbocycles. The summed E-state index contributed by atoms with van der Waals surface area (Å²) in [5.41, 5.74) is 7.07. The zero-order valence-corrected chi connectivity index (χ0v) is 19.5. The van der Waals surface area contributed by atoms with E-state index in [2.05, 4.69) is 57.9 Å². The maximum absolute atomic E-state index is 8.49. The lowest BCUT2D eigenvalue weighted by molar-refractivity contribution is 0.516. The highest BCUT2D eigenvalue weighted by atomic mass is 16.3. The van der Waals surface area contributed by atoms with Crippen molar-refractivity contribution < 1.29 is 9.52 Å². The van der Waals surface area contributed by atoms with Crippen molar-refractivity contribution in [2.45, 2.75) is 91.9 Å². The van der Waals surface area contributed by atoms with Crippen LogP contribution in [-0.2, 0) is 6.42 Å². The van der Waals surface area contributed by atoms with Crippen molar-refractivity contribution in [3.8, 4) is 12.0 Å². The molecule has 1 rings (SSSR count). The highest BCUT2D eigenvalue weighted by molar-refractivity contribution is 5.10. The number of hydrogen-bond donors (Lipinski definition) is 1. The monoisotopic (exact) mass is 408 g/mol. The van der Waals surface area contributed by atoms with E-state index < -0.39 is 0 Å². The minimum Gasteiger partial charge on any atom is -0.472 e. The third-order valence-corrected chi connectivity index (χ3v) is 5.32. The molecule has 0 amide bonds. The van der Waals surface area contributed by atoms with Crippen LogP contribution in [0.5, 0.6) is 0 Å². The Balaban J connectivity index is 2.18. The Morgan fingerprint density at radius 3 is 1.77 bits per heavy atom. The summed E-state index contributed by atoms with van der Waals surface area (Å²) in [7, 11) is 0. The summed E-state index contributed by atoms with van der Waals surface area (Å²) in [5.74, 6) is 2.69. The fourth-order valence-corrected chi connectivity index (χ4v) is 3.28. The zero-order valence-electron chi connectivity index (χ0n) is 19.5. The Kier molecular flexibility index (Phi) is 14.0. The third-order valence-electron chi connectivity index (χ3n) is 5.32. The lowest BCUT2D eigenvalue weighted by Gasteiger charge is -2.03. The van der Waals surface area contributed by atoms with Crippen LogP contribution in [0.3, 0.4) is 0 Å². The number of furan rings is 1. The van der Waals surface area contributed by atoms with Gasteiger partial charge < -0.3 is 9.52 Å². The molecule has 164 valence electrons. The van der Waals surface area contributed by atoms with E-state index in [4.69, 9.17) is 9.52 Å². The van der Waals surface area contributed by atoms with E-state index in [-0.39, 0.29) is 0 Å². The molecular weight excluding hydrogens is 368 g/mol. The van der Waals surface area contributed by atoms with Crippen LogP contribution in [0.25, 0.3) is 0 Å². The van der Waals surface area contributed by atoms with Gasteiger partial charge >= 0.3 is 0 Å². The lowest BCUT2D eigenvalue weighted by Crippen LogP contribution is -1.84. The van der Waals surface area contributed by atoms with Crippen LogP contribution in [0.2, 0.25) is 0 Å². The summed E-state index contributed by atoms with van der Waals surface area (Å²) in [6, 6.07) is 2.04. The fourth-order valence-electron chi connectivity index (χ4n) is 3.28. The molecule has 2 nitrogen and oxygen atoms in total. The molecule has 0 atom stereocenters. The van der Waals surface area contributed by atoms with E-state index in [0.717, 1.165) is 64.2 Å². The highest BCUT2D eigenvalue weighted by Gasteiger charge is 1.96. The number of allylic oxidation sites excluding steroid dienone is 8. The molecule has 30 heavy (non-hydrogen) atoms. The van der Waals surface area contributed by atoms with Crippen LogP contribution >= 0.6 is 0 Å². The molecule has 0 saturated carbocycles. The first kappa shape index (κ1) is 25.6.